The maximum absolute atomic E-state index is 10.5. The molecule has 0 aliphatic carbocycles. The maximum atomic E-state index is 10.5. The molecule has 0 saturated carbocycles. The van der Waals surface area contributed by atoms with Gasteiger partial charge in [-0.05, 0) is 43.7 Å². The van der Waals surface area contributed by atoms with Gasteiger partial charge < -0.3 is 9.84 Å². The number of thiophene rings is 1. The molecule has 1 saturated heterocycles. The van der Waals surface area contributed by atoms with Gasteiger partial charge >= 0.3 is 0 Å². The molecule has 5 unspecified atom stereocenters. The van der Waals surface area contributed by atoms with E-state index < -0.39 is 0 Å². The predicted molar refractivity (Wildman–Crippen MR) is 66.7 cm³/mol. The number of hydrogen-bond donors (Lipinski definition) is 1. The third kappa shape index (κ3) is 1.92. The number of ether oxygens (including phenoxy) is 1. The summed E-state index contributed by atoms with van der Waals surface area (Å²) in [4.78, 5) is 1.21. The van der Waals surface area contributed by atoms with E-state index in [1.54, 1.807) is 11.3 Å². The molecule has 0 amide bonds. The first-order valence-electron chi connectivity index (χ1n) is 5.90. The monoisotopic (exact) mass is 240 g/mol. The van der Waals surface area contributed by atoms with Gasteiger partial charge in [0, 0.05) is 10.8 Å². The van der Waals surface area contributed by atoms with Crippen molar-refractivity contribution in [2.24, 2.45) is 11.8 Å². The SMILES string of the molecule is Cc1sccc1C(O)C1C(C)OC(C)C1C. The lowest BCUT2D eigenvalue weighted by atomic mass is 9.82. The molecule has 1 aliphatic heterocycles. The molecule has 2 heterocycles. The van der Waals surface area contributed by atoms with Gasteiger partial charge in [-0.25, -0.2) is 0 Å². The third-order valence-electron chi connectivity index (χ3n) is 3.90. The van der Waals surface area contributed by atoms with Gasteiger partial charge in [0.05, 0.1) is 18.3 Å². The Hall–Kier alpha value is -0.380. The van der Waals surface area contributed by atoms with E-state index in [1.165, 1.54) is 4.88 Å². The van der Waals surface area contributed by atoms with Gasteiger partial charge in [-0.3, -0.25) is 0 Å². The summed E-state index contributed by atoms with van der Waals surface area (Å²) in [5.74, 6) is 0.618. The van der Waals surface area contributed by atoms with Crippen LogP contribution in [0.4, 0.5) is 0 Å². The van der Waals surface area contributed by atoms with Gasteiger partial charge in [-0.15, -0.1) is 11.3 Å². The summed E-state index contributed by atoms with van der Waals surface area (Å²) in [6, 6.07) is 2.03. The van der Waals surface area contributed by atoms with Crippen molar-refractivity contribution in [2.75, 3.05) is 0 Å². The van der Waals surface area contributed by atoms with Crippen molar-refractivity contribution in [1.82, 2.24) is 0 Å². The number of hydrogen-bond acceptors (Lipinski definition) is 3. The average molecular weight is 240 g/mol. The van der Waals surface area contributed by atoms with E-state index in [2.05, 4.69) is 27.7 Å². The summed E-state index contributed by atoms with van der Waals surface area (Å²) < 4.78 is 5.79. The van der Waals surface area contributed by atoms with Crippen LogP contribution in [0.2, 0.25) is 0 Å². The molecule has 1 fully saturated rings. The lowest BCUT2D eigenvalue weighted by Crippen LogP contribution is -2.25. The Bertz CT molecular complexity index is 361. The van der Waals surface area contributed by atoms with Gasteiger partial charge in [0.15, 0.2) is 0 Å². The van der Waals surface area contributed by atoms with E-state index >= 15 is 0 Å². The van der Waals surface area contributed by atoms with E-state index in [9.17, 15) is 5.11 Å². The van der Waals surface area contributed by atoms with Gasteiger partial charge in [-0.1, -0.05) is 6.92 Å². The molecule has 16 heavy (non-hydrogen) atoms. The largest absolute Gasteiger partial charge is 0.388 e. The van der Waals surface area contributed by atoms with E-state index in [1.807, 2.05) is 11.4 Å². The van der Waals surface area contributed by atoms with Crippen molar-refractivity contribution in [2.45, 2.75) is 46.0 Å². The zero-order chi connectivity index (χ0) is 11.9. The predicted octanol–water partition coefficient (Wildman–Crippen LogP) is 3.15. The number of aryl methyl sites for hydroxylation is 1. The Morgan fingerprint density at radius 1 is 1.31 bits per heavy atom. The fourth-order valence-corrected chi connectivity index (χ4v) is 3.49. The van der Waals surface area contributed by atoms with Crippen molar-refractivity contribution < 1.29 is 9.84 Å². The second-order valence-electron chi connectivity index (χ2n) is 4.86. The molecule has 2 nitrogen and oxygen atoms in total. The normalized spacial score (nSPS) is 36.6. The van der Waals surface area contributed by atoms with Crippen molar-refractivity contribution in [1.29, 1.82) is 0 Å². The summed E-state index contributed by atoms with van der Waals surface area (Å²) in [5.41, 5.74) is 1.08. The van der Waals surface area contributed by atoms with Crippen LogP contribution in [-0.2, 0) is 4.74 Å². The minimum absolute atomic E-state index is 0.138. The Balaban J connectivity index is 2.22. The average Bonchev–Trinajstić information content (AvgIpc) is 2.73. The first kappa shape index (κ1) is 12.1. The van der Waals surface area contributed by atoms with Crippen LogP contribution in [0.3, 0.4) is 0 Å². The first-order valence-corrected chi connectivity index (χ1v) is 6.78. The molecule has 0 aromatic carbocycles. The third-order valence-corrected chi connectivity index (χ3v) is 4.76. The quantitative estimate of drug-likeness (QED) is 0.860. The Labute approximate surface area is 101 Å². The molecule has 2 rings (SSSR count). The van der Waals surface area contributed by atoms with Crippen molar-refractivity contribution in [3.63, 3.8) is 0 Å². The molecule has 0 bridgehead atoms. The Kier molecular flexibility index (Phi) is 3.38. The molecule has 1 N–H and O–H groups in total. The lowest BCUT2D eigenvalue weighted by Gasteiger charge is -2.24. The molecule has 1 aromatic rings. The van der Waals surface area contributed by atoms with E-state index in [0.717, 1.165) is 5.56 Å². The van der Waals surface area contributed by atoms with Gasteiger partial charge in [0.25, 0.3) is 0 Å². The topological polar surface area (TPSA) is 29.5 Å². The van der Waals surface area contributed by atoms with E-state index in [0.29, 0.717) is 5.92 Å². The fraction of sp³-hybridized carbons (Fsp3) is 0.692. The smallest absolute Gasteiger partial charge is 0.0857 e. The van der Waals surface area contributed by atoms with E-state index in [-0.39, 0.29) is 24.2 Å². The van der Waals surface area contributed by atoms with Crippen molar-refractivity contribution >= 4 is 11.3 Å². The minimum atomic E-state index is -0.388. The molecule has 1 aliphatic rings. The van der Waals surface area contributed by atoms with Crippen molar-refractivity contribution in [3.05, 3.63) is 21.9 Å². The summed E-state index contributed by atoms with van der Waals surface area (Å²) in [6.45, 7) is 8.39. The Morgan fingerprint density at radius 2 is 2.00 bits per heavy atom. The van der Waals surface area contributed by atoms with Crippen LogP contribution in [0, 0.1) is 18.8 Å². The highest BCUT2D eigenvalue weighted by molar-refractivity contribution is 7.10. The number of aliphatic hydroxyl groups excluding tert-OH is 1. The molecule has 0 spiro atoms. The van der Waals surface area contributed by atoms with Crippen LogP contribution in [0.15, 0.2) is 11.4 Å². The molecule has 3 heteroatoms. The first-order chi connectivity index (χ1) is 7.52. The second kappa shape index (κ2) is 4.47. The van der Waals surface area contributed by atoms with Crippen LogP contribution < -0.4 is 0 Å². The summed E-state index contributed by atoms with van der Waals surface area (Å²) in [5, 5.41) is 12.5. The minimum Gasteiger partial charge on any atom is -0.388 e. The van der Waals surface area contributed by atoms with Gasteiger partial charge in [0.2, 0.25) is 0 Å². The number of rotatable bonds is 2. The molecule has 0 radical (unpaired) electrons. The number of aliphatic hydroxyl groups is 1. The van der Waals surface area contributed by atoms with Crippen LogP contribution in [0.1, 0.15) is 37.3 Å². The molecule has 5 atom stereocenters. The van der Waals surface area contributed by atoms with Crippen LogP contribution >= 0.6 is 11.3 Å². The zero-order valence-corrected chi connectivity index (χ0v) is 11.1. The molecular weight excluding hydrogens is 220 g/mol. The van der Waals surface area contributed by atoms with E-state index in [4.69, 9.17) is 4.74 Å². The highest BCUT2D eigenvalue weighted by atomic mass is 32.1. The molecular formula is C13H20O2S. The lowest BCUT2D eigenvalue weighted by molar-refractivity contribution is 0.0231. The molecule has 1 aromatic heterocycles. The highest BCUT2D eigenvalue weighted by Crippen LogP contribution is 2.41. The van der Waals surface area contributed by atoms with Gasteiger partial charge in [-0.2, -0.15) is 0 Å². The van der Waals surface area contributed by atoms with Crippen LogP contribution in [0.25, 0.3) is 0 Å². The highest BCUT2D eigenvalue weighted by Gasteiger charge is 2.42. The maximum Gasteiger partial charge on any atom is 0.0857 e. The summed E-state index contributed by atoms with van der Waals surface area (Å²) in [6.07, 6.45) is -0.00547. The van der Waals surface area contributed by atoms with Gasteiger partial charge in [0.1, 0.15) is 0 Å². The van der Waals surface area contributed by atoms with Crippen LogP contribution in [0.5, 0.6) is 0 Å². The van der Waals surface area contributed by atoms with Crippen LogP contribution in [-0.4, -0.2) is 17.3 Å². The standard InChI is InChI=1S/C13H20O2S/c1-7-8(2)15-9(3)12(7)13(14)11-5-6-16-10(11)4/h5-9,12-14H,1-4H3. The summed E-state index contributed by atoms with van der Waals surface area (Å²) >= 11 is 1.69. The summed E-state index contributed by atoms with van der Waals surface area (Å²) in [7, 11) is 0. The second-order valence-corrected chi connectivity index (χ2v) is 5.98. The van der Waals surface area contributed by atoms with Crippen molar-refractivity contribution in [3.8, 4) is 0 Å². The zero-order valence-electron chi connectivity index (χ0n) is 10.3. The molecule has 90 valence electrons. The Morgan fingerprint density at radius 3 is 2.44 bits per heavy atom. The fourth-order valence-electron chi connectivity index (χ4n) is 2.75.